The molecule has 0 aliphatic rings. The fourth-order valence-electron chi connectivity index (χ4n) is 1.35. The largest absolute Gasteiger partial charge is 0.419 e. The summed E-state index contributed by atoms with van der Waals surface area (Å²) in [5.41, 5.74) is 0. The summed E-state index contributed by atoms with van der Waals surface area (Å²) in [4.78, 5) is 0.937. The summed E-state index contributed by atoms with van der Waals surface area (Å²) in [6, 6.07) is 3.84. The zero-order valence-corrected chi connectivity index (χ0v) is 13.0. The van der Waals surface area contributed by atoms with Crippen molar-refractivity contribution >= 4 is 32.9 Å². The van der Waals surface area contributed by atoms with Crippen molar-refractivity contribution in [2.75, 3.05) is 17.8 Å². The van der Waals surface area contributed by atoms with E-state index in [9.17, 15) is 8.42 Å². The molecule has 0 aliphatic heterocycles. The van der Waals surface area contributed by atoms with E-state index in [-0.39, 0.29) is 11.0 Å². The van der Waals surface area contributed by atoms with E-state index in [2.05, 4.69) is 10.2 Å². The fourth-order valence-corrected chi connectivity index (χ4v) is 4.18. The van der Waals surface area contributed by atoms with Crippen LogP contribution in [0.1, 0.15) is 18.1 Å². The summed E-state index contributed by atoms with van der Waals surface area (Å²) in [5.74, 6) is 1.73. The van der Waals surface area contributed by atoms with Crippen LogP contribution in [-0.2, 0) is 9.84 Å². The van der Waals surface area contributed by atoms with Gasteiger partial charge in [0.25, 0.3) is 5.89 Å². The number of sulfone groups is 1. The molecule has 2 aromatic rings. The SMILES string of the molecule is C[C@H](SCCS(C)(=O)=O)c1nnc(-c2cccs2)o1. The fraction of sp³-hybridized carbons (Fsp3) is 0.455. The van der Waals surface area contributed by atoms with Crippen LogP contribution < -0.4 is 0 Å². The molecule has 0 amide bonds. The Kier molecular flexibility index (Phi) is 4.64. The molecule has 0 fully saturated rings. The van der Waals surface area contributed by atoms with E-state index in [4.69, 9.17) is 4.42 Å². The molecule has 5 nitrogen and oxygen atoms in total. The van der Waals surface area contributed by atoms with Crippen LogP contribution in [0.5, 0.6) is 0 Å². The second-order valence-electron chi connectivity index (χ2n) is 4.07. The van der Waals surface area contributed by atoms with Crippen molar-refractivity contribution < 1.29 is 12.8 Å². The van der Waals surface area contributed by atoms with Crippen LogP contribution in [0.4, 0.5) is 0 Å². The minimum atomic E-state index is -2.92. The zero-order chi connectivity index (χ0) is 13.9. The monoisotopic (exact) mass is 318 g/mol. The maximum absolute atomic E-state index is 11.0. The van der Waals surface area contributed by atoms with E-state index in [1.165, 1.54) is 29.4 Å². The Morgan fingerprint density at radius 1 is 1.47 bits per heavy atom. The molecule has 19 heavy (non-hydrogen) atoms. The van der Waals surface area contributed by atoms with E-state index in [0.717, 1.165) is 4.88 Å². The molecule has 2 heterocycles. The summed E-state index contributed by atoms with van der Waals surface area (Å²) in [6.45, 7) is 1.93. The quantitative estimate of drug-likeness (QED) is 0.815. The van der Waals surface area contributed by atoms with Crippen LogP contribution in [0.25, 0.3) is 10.8 Å². The minimum absolute atomic E-state index is 0.0111. The topological polar surface area (TPSA) is 73.1 Å². The molecule has 0 spiro atoms. The van der Waals surface area contributed by atoms with E-state index in [1.807, 2.05) is 24.4 Å². The number of hydrogen-bond donors (Lipinski definition) is 0. The molecule has 8 heteroatoms. The van der Waals surface area contributed by atoms with Crippen LogP contribution in [0.3, 0.4) is 0 Å². The highest BCUT2D eigenvalue weighted by molar-refractivity contribution is 8.00. The van der Waals surface area contributed by atoms with Crippen molar-refractivity contribution in [2.45, 2.75) is 12.2 Å². The van der Waals surface area contributed by atoms with Crippen molar-refractivity contribution in [1.82, 2.24) is 10.2 Å². The smallest absolute Gasteiger partial charge is 0.257 e. The second-order valence-corrected chi connectivity index (χ2v) is 8.72. The Bertz CT molecular complexity index is 619. The van der Waals surface area contributed by atoms with Crippen LogP contribution in [0.15, 0.2) is 21.9 Å². The standard InChI is InChI=1S/C11H14N2O3S3/c1-8(17-6-7-19(2,14)15)10-12-13-11(16-10)9-4-3-5-18-9/h3-5,8H,6-7H2,1-2H3/t8-/m0/s1. The van der Waals surface area contributed by atoms with Crippen molar-refractivity contribution in [2.24, 2.45) is 0 Å². The highest BCUT2D eigenvalue weighted by Crippen LogP contribution is 2.30. The minimum Gasteiger partial charge on any atom is -0.419 e. The second kappa shape index (κ2) is 6.06. The Morgan fingerprint density at radius 3 is 2.89 bits per heavy atom. The molecular formula is C11H14N2O3S3. The van der Waals surface area contributed by atoms with Gasteiger partial charge in [0.2, 0.25) is 5.89 Å². The molecule has 0 saturated heterocycles. The summed E-state index contributed by atoms with van der Waals surface area (Å²) >= 11 is 3.03. The highest BCUT2D eigenvalue weighted by Gasteiger charge is 2.16. The first-order chi connectivity index (χ1) is 8.96. The van der Waals surface area contributed by atoms with E-state index < -0.39 is 9.84 Å². The number of hydrogen-bond acceptors (Lipinski definition) is 7. The highest BCUT2D eigenvalue weighted by atomic mass is 32.2. The van der Waals surface area contributed by atoms with Crippen LogP contribution in [0.2, 0.25) is 0 Å². The van der Waals surface area contributed by atoms with E-state index in [1.54, 1.807) is 0 Å². The summed E-state index contributed by atoms with van der Waals surface area (Å²) in [6.07, 6.45) is 1.24. The number of thioether (sulfide) groups is 1. The van der Waals surface area contributed by atoms with Crippen molar-refractivity contribution in [3.8, 4) is 10.8 Å². The number of aromatic nitrogens is 2. The summed E-state index contributed by atoms with van der Waals surface area (Å²) in [7, 11) is -2.92. The maximum Gasteiger partial charge on any atom is 0.257 e. The van der Waals surface area contributed by atoms with Gasteiger partial charge in [-0.25, -0.2) is 8.42 Å². The third-order valence-electron chi connectivity index (χ3n) is 2.34. The number of nitrogens with zero attached hydrogens (tertiary/aromatic N) is 2. The molecule has 0 unspecified atom stereocenters. The van der Waals surface area contributed by atoms with Gasteiger partial charge in [0.15, 0.2) is 0 Å². The molecular weight excluding hydrogens is 304 g/mol. The molecule has 0 saturated carbocycles. The average Bonchev–Trinajstić information content (AvgIpc) is 2.98. The van der Waals surface area contributed by atoms with Gasteiger partial charge in [0, 0.05) is 12.0 Å². The van der Waals surface area contributed by atoms with Gasteiger partial charge in [0.1, 0.15) is 9.84 Å². The lowest BCUT2D eigenvalue weighted by Gasteiger charge is -2.05. The Balaban J connectivity index is 1.95. The first-order valence-electron chi connectivity index (χ1n) is 5.62. The van der Waals surface area contributed by atoms with Gasteiger partial charge in [-0.2, -0.15) is 0 Å². The lowest BCUT2D eigenvalue weighted by molar-refractivity contribution is 0.510. The van der Waals surface area contributed by atoms with Crippen molar-refractivity contribution in [3.63, 3.8) is 0 Å². The van der Waals surface area contributed by atoms with Gasteiger partial charge < -0.3 is 4.42 Å². The molecule has 0 aromatic carbocycles. The predicted octanol–water partition coefficient (Wildman–Crippen LogP) is 2.64. The van der Waals surface area contributed by atoms with Gasteiger partial charge in [-0.05, 0) is 18.4 Å². The van der Waals surface area contributed by atoms with Gasteiger partial charge in [-0.3, -0.25) is 0 Å². The average molecular weight is 318 g/mol. The van der Waals surface area contributed by atoms with E-state index in [0.29, 0.717) is 17.5 Å². The van der Waals surface area contributed by atoms with Gasteiger partial charge in [-0.15, -0.1) is 33.3 Å². The molecule has 104 valence electrons. The van der Waals surface area contributed by atoms with Crippen molar-refractivity contribution in [1.29, 1.82) is 0 Å². The summed E-state index contributed by atoms with van der Waals surface area (Å²) in [5, 5.41) is 9.94. The third-order valence-corrected chi connectivity index (χ3v) is 5.55. The molecule has 2 rings (SSSR count). The lowest BCUT2D eigenvalue weighted by Crippen LogP contribution is -2.06. The molecule has 0 N–H and O–H groups in total. The van der Waals surface area contributed by atoms with Gasteiger partial charge in [0.05, 0.1) is 15.9 Å². The molecule has 1 atom stereocenters. The maximum atomic E-state index is 11.0. The Hall–Kier alpha value is -0.860. The molecule has 0 bridgehead atoms. The summed E-state index contributed by atoms with van der Waals surface area (Å²) < 4.78 is 27.7. The first-order valence-corrected chi connectivity index (χ1v) is 9.61. The van der Waals surface area contributed by atoms with Gasteiger partial charge >= 0.3 is 0 Å². The number of rotatable bonds is 6. The van der Waals surface area contributed by atoms with Gasteiger partial charge in [-0.1, -0.05) is 6.07 Å². The normalized spacial score (nSPS) is 13.6. The molecule has 0 radical (unpaired) electrons. The molecule has 0 aliphatic carbocycles. The van der Waals surface area contributed by atoms with Crippen molar-refractivity contribution in [3.05, 3.63) is 23.4 Å². The lowest BCUT2D eigenvalue weighted by atomic mass is 10.5. The van der Waals surface area contributed by atoms with E-state index >= 15 is 0 Å². The van der Waals surface area contributed by atoms with Crippen LogP contribution in [0, 0.1) is 0 Å². The predicted molar refractivity (Wildman–Crippen MR) is 78.2 cm³/mol. The van der Waals surface area contributed by atoms with Crippen LogP contribution in [-0.4, -0.2) is 36.4 Å². The Morgan fingerprint density at radius 2 is 2.26 bits per heavy atom. The zero-order valence-electron chi connectivity index (χ0n) is 10.6. The number of thiophene rings is 1. The first kappa shape index (κ1) is 14.5. The molecule has 2 aromatic heterocycles. The van der Waals surface area contributed by atoms with Crippen LogP contribution >= 0.6 is 23.1 Å². The Labute approximate surface area is 120 Å². The third kappa shape index (κ3) is 4.32.